The molecular weight excluding hydrogens is 817 g/mol. The van der Waals surface area contributed by atoms with Crippen molar-refractivity contribution < 1.29 is 28.6 Å². The lowest BCUT2D eigenvalue weighted by atomic mass is 9.72. The van der Waals surface area contributed by atoms with Gasteiger partial charge in [0.1, 0.15) is 17.1 Å². The highest BCUT2D eigenvalue weighted by Crippen LogP contribution is 2.42. The molecule has 0 aliphatic heterocycles. The van der Waals surface area contributed by atoms with Crippen molar-refractivity contribution >= 4 is 17.8 Å². The second kappa shape index (κ2) is 23.2. The summed E-state index contributed by atoms with van der Waals surface area (Å²) in [5.74, 6) is 0.263. The first-order valence-corrected chi connectivity index (χ1v) is 24.3. The van der Waals surface area contributed by atoms with Gasteiger partial charge in [0.15, 0.2) is 11.2 Å². The number of carbonyl (C=O) groups excluding carboxylic acids is 3. The average molecular weight is 897 g/mol. The minimum atomic E-state index is -1.42. The van der Waals surface area contributed by atoms with Gasteiger partial charge in [0, 0.05) is 25.2 Å². The van der Waals surface area contributed by atoms with Gasteiger partial charge in [-0.2, -0.15) is 5.10 Å². The summed E-state index contributed by atoms with van der Waals surface area (Å²) in [6.07, 6.45) is 14.2. The van der Waals surface area contributed by atoms with E-state index in [1.165, 1.54) is 44.9 Å². The number of nitrogens with one attached hydrogen (secondary N) is 1. The number of amides is 2. The second-order valence-electron chi connectivity index (χ2n) is 20.0. The Balaban J connectivity index is 1.38. The number of hydrogen-bond acceptors (Lipinski definition) is 9. The molecule has 2 saturated carbocycles. The van der Waals surface area contributed by atoms with Crippen molar-refractivity contribution in [3.05, 3.63) is 71.4 Å². The molecule has 2 aliphatic carbocycles. The molecule has 2 unspecified atom stereocenters. The molecule has 0 spiro atoms. The number of esters is 1. The molecule has 12 heteroatoms. The van der Waals surface area contributed by atoms with Crippen LogP contribution in [-0.4, -0.2) is 121 Å². The molecule has 2 amide bonds. The summed E-state index contributed by atoms with van der Waals surface area (Å²) in [6, 6.07) is 13.6. The maximum absolute atomic E-state index is 14.6. The van der Waals surface area contributed by atoms with Gasteiger partial charge in [-0.1, -0.05) is 71.9 Å². The smallest absolute Gasteiger partial charge is 0.336 e. The van der Waals surface area contributed by atoms with Crippen molar-refractivity contribution in [2.24, 2.45) is 5.92 Å². The first-order valence-electron chi connectivity index (χ1n) is 24.3. The highest BCUT2D eigenvalue weighted by Gasteiger charge is 2.48. The molecule has 3 aromatic rings. The molecule has 12 nitrogen and oxygen atoms in total. The van der Waals surface area contributed by atoms with E-state index >= 15 is 0 Å². The molecule has 1 aromatic heterocycles. The highest BCUT2D eigenvalue weighted by atomic mass is 16.6. The predicted octanol–water partition coefficient (Wildman–Crippen LogP) is 10.1. The second-order valence-corrected chi connectivity index (χ2v) is 20.0. The lowest BCUT2D eigenvalue weighted by molar-refractivity contribution is -0.162. The molecular formula is C53H80N6O6. The van der Waals surface area contributed by atoms with Crippen molar-refractivity contribution in [3.8, 4) is 28.4 Å². The Labute approximate surface area is 390 Å². The summed E-state index contributed by atoms with van der Waals surface area (Å²) in [5, 5.41) is 8.06. The zero-order valence-electron chi connectivity index (χ0n) is 41.7. The molecule has 65 heavy (non-hydrogen) atoms. The summed E-state index contributed by atoms with van der Waals surface area (Å²) in [4.78, 5) is 49.4. The Bertz CT molecular complexity index is 2060. The monoisotopic (exact) mass is 897 g/mol. The Morgan fingerprint density at radius 3 is 2.11 bits per heavy atom. The van der Waals surface area contributed by atoms with Crippen molar-refractivity contribution in [1.29, 1.82) is 0 Å². The molecule has 358 valence electrons. The van der Waals surface area contributed by atoms with Gasteiger partial charge in [0.25, 0.3) is 11.8 Å². The third kappa shape index (κ3) is 13.0. The first-order chi connectivity index (χ1) is 30.9. The molecule has 2 fully saturated rings. The van der Waals surface area contributed by atoms with Crippen LogP contribution in [0.2, 0.25) is 0 Å². The third-order valence-electron chi connectivity index (χ3n) is 13.6. The standard InChI is InChI=1S/C53H80N6O6/c1-13-39-28-29-53(38(4)34-39,51(62)65-52(5,6)7)54-49(60)43-36-45(48-46(63-11)24-19-25-47(48)64-12)59(55-43)44-27-26-40(35-42(44)37(2)3)50(61)58(10)33-21-31-56(8)30-20-32-57(9)41-22-17-15-14-16-18-23-41/h19,24-27,35-37,39,41H,4,13-18,20-23,28-34H2,1-3,5-12H3,(H,54,60). The number of nitrogens with zero attached hydrogens (tertiary/aromatic N) is 5. The number of aromatic nitrogens is 2. The fourth-order valence-corrected chi connectivity index (χ4v) is 9.60. The fraction of sp³-hybridized carbons (Fsp3) is 0.623. The van der Waals surface area contributed by atoms with Crippen LogP contribution in [0.5, 0.6) is 11.5 Å². The van der Waals surface area contributed by atoms with Crippen LogP contribution >= 0.6 is 0 Å². The normalized spacial score (nSPS) is 18.7. The Morgan fingerprint density at radius 1 is 0.892 bits per heavy atom. The van der Waals surface area contributed by atoms with Crippen LogP contribution in [0.1, 0.15) is 157 Å². The summed E-state index contributed by atoms with van der Waals surface area (Å²) >= 11 is 0. The molecule has 2 atom stereocenters. The molecule has 1 N–H and O–H groups in total. The van der Waals surface area contributed by atoms with E-state index in [1.807, 2.05) is 64.2 Å². The zero-order chi connectivity index (χ0) is 47.5. The molecule has 0 saturated heterocycles. The Morgan fingerprint density at radius 2 is 1.52 bits per heavy atom. The average Bonchev–Trinajstić information content (AvgIpc) is 3.70. The quantitative estimate of drug-likeness (QED) is 0.0927. The fourth-order valence-electron chi connectivity index (χ4n) is 9.60. The summed E-state index contributed by atoms with van der Waals surface area (Å²) in [5.41, 5.74) is 1.80. The van der Waals surface area contributed by atoms with E-state index in [4.69, 9.17) is 19.3 Å². The van der Waals surface area contributed by atoms with Gasteiger partial charge >= 0.3 is 5.97 Å². The maximum Gasteiger partial charge on any atom is 0.336 e. The zero-order valence-corrected chi connectivity index (χ0v) is 41.7. The van der Waals surface area contributed by atoms with E-state index in [2.05, 4.69) is 56.6 Å². The van der Waals surface area contributed by atoms with Crippen LogP contribution in [0.25, 0.3) is 16.9 Å². The van der Waals surface area contributed by atoms with Crippen LogP contribution < -0.4 is 14.8 Å². The van der Waals surface area contributed by atoms with Gasteiger partial charge in [-0.15, -0.1) is 0 Å². The van der Waals surface area contributed by atoms with Crippen molar-refractivity contribution in [3.63, 3.8) is 0 Å². The van der Waals surface area contributed by atoms with Crippen LogP contribution in [0, 0.1) is 5.92 Å². The van der Waals surface area contributed by atoms with Crippen molar-refractivity contribution in [1.82, 2.24) is 29.8 Å². The molecule has 0 radical (unpaired) electrons. The van der Waals surface area contributed by atoms with Gasteiger partial charge in [-0.3, -0.25) is 9.59 Å². The Kier molecular flexibility index (Phi) is 18.3. The SMILES string of the molecule is C=C1CC(CC)CCC1(NC(=O)c1cc(-c2c(OC)cccc2OC)n(-c2ccc(C(=O)N(C)CCCN(C)CCCN(C)C3CCCCCCC3)cc2C(C)C)n1)C(=O)OC(C)(C)C. The number of hydrogen-bond donors (Lipinski definition) is 1. The van der Waals surface area contributed by atoms with Gasteiger partial charge in [-0.25, -0.2) is 9.48 Å². The van der Waals surface area contributed by atoms with Crippen LogP contribution in [0.3, 0.4) is 0 Å². The summed E-state index contributed by atoms with van der Waals surface area (Å²) < 4.78 is 19.4. The van der Waals surface area contributed by atoms with Gasteiger partial charge in [0.2, 0.25) is 0 Å². The van der Waals surface area contributed by atoms with Gasteiger partial charge in [-0.05, 0) is 159 Å². The third-order valence-corrected chi connectivity index (χ3v) is 13.6. The van der Waals surface area contributed by atoms with Crippen molar-refractivity contribution in [2.75, 3.05) is 61.5 Å². The maximum atomic E-state index is 14.6. The number of rotatable bonds is 19. The summed E-state index contributed by atoms with van der Waals surface area (Å²) in [6.45, 7) is 19.8. The van der Waals surface area contributed by atoms with E-state index in [1.54, 1.807) is 29.9 Å². The van der Waals surface area contributed by atoms with E-state index in [0.29, 0.717) is 70.9 Å². The predicted molar refractivity (Wildman–Crippen MR) is 261 cm³/mol. The molecule has 2 aromatic carbocycles. The van der Waals surface area contributed by atoms with E-state index < -0.39 is 23.0 Å². The van der Waals surface area contributed by atoms with Gasteiger partial charge in [0.05, 0.1) is 31.2 Å². The van der Waals surface area contributed by atoms with Crippen LogP contribution in [0.15, 0.2) is 54.6 Å². The largest absolute Gasteiger partial charge is 0.496 e. The molecule has 5 rings (SSSR count). The number of carbonyl (C=O) groups is 3. The number of methoxy groups -OCH3 is 2. The topological polar surface area (TPSA) is 118 Å². The van der Waals surface area contributed by atoms with E-state index in [9.17, 15) is 14.4 Å². The van der Waals surface area contributed by atoms with Crippen LogP contribution in [0.4, 0.5) is 0 Å². The first kappa shape index (κ1) is 51.3. The highest BCUT2D eigenvalue weighted by molar-refractivity contribution is 6.00. The van der Waals surface area contributed by atoms with E-state index in [0.717, 1.165) is 50.9 Å². The van der Waals surface area contributed by atoms with Crippen molar-refractivity contribution in [2.45, 2.75) is 148 Å². The minimum Gasteiger partial charge on any atom is -0.496 e. The number of benzene rings is 2. The number of ether oxygens (including phenoxy) is 3. The molecule has 0 bridgehead atoms. The lowest BCUT2D eigenvalue weighted by Crippen LogP contribution is -2.59. The molecule has 2 aliphatic rings. The Hall–Kier alpha value is -4.68. The minimum absolute atomic E-state index is 0.0239. The lowest BCUT2D eigenvalue weighted by Gasteiger charge is -2.41. The van der Waals surface area contributed by atoms with E-state index in [-0.39, 0.29) is 17.5 Å². The summed E-state index contributed by atoms with van der Waals surface area (Å²) in [7, 11) is 9.52. The van der Waals surface area contributed by atoms with Crippen LogP contribution in [-0.2, 0) is 9.53 Å². The van der Waals surface area contributed by atoms with Gasteiger partial charge < -0.3 is 34.2 Å². The molecule has 1 heterocycles.